The Labute approximate surface area is 181 Å². The van der Waals surface area contributed by atoms with Crippen molar-refractivity contribution in [2.75, 3.05) is 6.26 Å². The van der Waals surface area contributed by atoms with Crippen LogP contribution in [0, 0.1) is 12.8 Å². The lowest BCUT2D eigenvalue weighted by atomic mass is 10.0. The highest BCUT2D eigenvalue weighted by Gasteiger charge is 2.34. The van der Waals surface area contributed by atoms with Crippen LogP contribution in [0.3, 0.4) is 0 Å². The summed E-state index contributed by atoms with van der Waals surface area (Å²) in [5.74, 6) is -0.489. The molecule has 2 atom stereocenters. The van der Waals surface area contributed by atoms with Crippen LogP contribution < -0.4 is 0 Å². The van der Waals surface area contributed by atoms with Gasteiger partial charge in [-0.1, -0.05) is 30.3 Å². The first-order chi connectivity index (χ1) is 14.4. The number of carbonyl (C=O) groups excluding carboxylic acids is 2. The second-order valence-corrected chi connectivity index (χ2v) is 8.64. The fraction of sp³-hybridized carbons (Fsp3) is 0.333. The summed E-state index contributed by atoms with van der Waals surface area (Å²) in [5.41, 5.74) is 4.27. The maximum Gasteiger partial charge on any atom is 0.311 e. The number of aromatic nitrogens is 2. The molecular weight excluding hydrogens is 396 g/mol. The number of hydrogen-bond donors (Lipinski definition) is 0. The van der Waals surface area contributed by atoms with Gasteiger partial charge < -0.3 is 13.9 Å². The molecular formula is C24H26N2O3S. The van der Waals surface area contributed by atoms with Gasteiger partial charge >= 0.3 is 5.97 Å². The Balaban J connectivity index is 1.52. The van der Waals surface area contributed by atoms with Crippen molar-refractivity contribution in [1.29, 1.82) is 0 Å². The zero-order valence-electron chi connectivity index (χ0n) is 17.7. The molecule has 6 heteroatoms. The number of aryl methyl sites for hydroxylation is 1. The van der Waals surface area contributed by atoms with Gasteiger partial charge in [-0.05, 0) is 49.4 Å². The molecule has 5 nitrogen and oxygen atoms in total. The summed E-state index contributed by atoms with van der Waals surface area (Å²) in [6.45, 7) is 4.33. The summed E-state index contributed by atoms with van der Waals surface area (Å²) in [5, 5.41) is 1.04. The van der Waals surface area contributed by atoms with Gasteiger partial charge in [-0.3, -0.25) is 9.59 Å². The maximum atomic E-state index is 13.3. The molecule has 0 radical (unpaired) electrons. The third-order valence-electron chi connectivity index (χ3n) is 5.86. The SMILES string of the molecule is CSc1ccc(C(=O)c2c(C)cc3n2CC(C(=O)OC(C)c2ccccc2)C3)n1C. The van der Waals surface area contributed by atoms with E-state index in [0.29, 0.717) is 24.4 Å². The van der Waals surface area contributed by atoms with Crippen molar-refractivity contribution in [3.8, 4) is 0 Å². The van der Waals surface area contributed by atoms with Crippen LogP contribution in [0.1, 0.15) is 46.0 Å². The minimum Gasteiger partial charge on any atom is -0.458 e. The number of ether oxygens (including phenoxy) is 1. The fourth-order valence-corrected chi connectivity index (χ4v) is 4.81. The van der Waals surface area contributed by atoms with Crippen LogP contribution in [0.4, 0.5) is 0 Å². The van der Waals surface area contributed by atoms with Gasteiger partial charge in [0.2, 0.25) is 5.78 Å². The van der Waals surface area contributed by atoms with E-state index in [1.165, 1.54) is 0 Å². The number of benzene rings is 1. The summed E-state index contributed by atoms with van der Waals surface area (Å²) in [4.78, 5) is 26.1. The normalized spacial score (nSPS) is 16.3. The van der Waals surface area contributed by atoms with Crippen molar-refractivity contribution >= 4 is 23.5 Å². The number of nitrogens with zero attached hydrogens (tertiary/aromatic N) is 2. The summed E-state index contributed by atoms with van der Waals surface area (Å²) in [7, 11) is 1.91. The van der Waals surface area contributed by atoms with Crippen molar-refractivity contribution in [3.05, 3.63) is 76.7 Å². The predicted molar refractivity (Wildman–Crippen MR) is 118 cm³/mol. The zero-order chi connectivity index (χ0) is 21.4. The van der Waals surface area contributed by atoms with Crippen molar-refractivity contribution in [2.45, 2.75) is 37.9 Å². The molecule has 2 aromatic heterocycles. The molecule has 3 aromatic rings. The lowest BCUT2D eigenvalue weighted by Gasteiger charge is -2.17. The molecule has 0 aliphatic carbocycles. The molecule has 0 bridgehead atoms. The van der Waals surface area contributed by atoms with Crippen LogP contribution in [-0.2, 0) is 29.5 Å². The Bertz CT molecular complexity index is 1100. The highest BCUT2D eigenvalue weighted by Crippen LogP contribution is 2.31. The van der Waals surface area contributed by atoms with Crippen LogP contribution in [0.25, 0.3) is 0 Å². The van der Waals surface area contributed by atoms with E-state index in [0.717, 1.165) is 21.8 Å². The average molecular weight is 423 g/mol. The number of rotatable bonds is 6. The molecule has 0 N–H and O–H groups in total. The number of carbonyl (C=O) groups is 2. The second kappa shape index (κ2) is 8.19. The smallest absolute Gasteiger partial charge is 0.311 e. The second-order valence-electron chi connectivity index (χ2n) is 7.82. The topological polar surface area (TPSA) is 53.2 Å². The maximum absolute atomic E-state index is 13.3. The molecule has 0 saturated heterocycles. The van der Waals surface area contributed by atoms with Crippen LogP contribution in [0.15, 0.2) is 53.6 Å². The minimum absolute atomic E-state index is 0.00628. The van der Waals surface area contributed by atoms with Crippen molar-refractivity contribution in [3.63, 3.8) is 0 Å². The summed E-state index contributed by atoms with van der Waals surface area (Å²) in [6, 6.07) is 15.6. The zero-order valence-corrected chi connectivity index (χ0v) is 18.5. The standard InChI is InChI=1S/C24H26N2O3S/c1-15-12-19-13-18(24(28)29-16(2)17-8-6-5-7-9-17)14-26(19)22(15)23(27)20-10-11-21(30-4)25(20)3/h5-12,16,18H,13-14H2,1-4H3. The fourth-order valence-electron chi connectivity index (χ4n) is 4.24. The molecule has 4 rings (SSSR count). The molecule has 0 amide bonds. The van der Waals surface area contributed by atoms with E-state index < -0.39 is 0 Å². The Morgan fingerprint density at radius 2 is 1.90 bits per heavy atom. The van der Waals surface area contributed by atoms with E-state index in [1.54, 1.807) is 11.8 Å². The number of hydrogen-bond acceptors (Lipinski definition) is 4. The van der Waals surface area contributed by atoms with Gasteiger partial charge in [-0.2, -0.15) is 0 Å². The third kappa shape index (κ3) is 3.60. The van der Waals surface area contributed by atoms with Gasteiger partial charge in [-0.15, -0.1) is 11.8 Å². The highest BCUT2D eigenvalue weighted by atomic mass is 32.2. The lowest BCUT2D eigenvalue weighted by Crippen LogP contribution is -2.22. The van der Waals surface area contributed by atoms with E-state index in [1.807, 2.05) is 84.8 Å². The molecule has 1 aliphatic heterocycles. The van der Waals surface area contributed by atoms with Gasteiger partial charge in [0.15, 0.2) is 0 Å². The van der Waals surface area contributed by atoms with E-state index in [2.05, 4.69) is 0 Å². The Kier molecular flexibility index (Phi) is 5.60. The lowest BCUT2D eigenvalue weighted by molar-refractivity contribution is -0.153. The van der Waals surface area contributed by atoms with Crippen molar-refractivity contribution in [2.24, 2.45) is 13.0 Å². The largest absolute Gasteiger partial charge is 0.458 e. The Hall–Kier alpha value is -2.73. The van der Waals surface area contributed by atoms with E-state index >= 15 is 0 Å². The summed E-state index contributed by atoms with van der Waals surface area (Å²) in [6.07, 6.45) is 2.29. The Morgan fingerprint density at radius 1 is 1.17 bits per heavy atom. The summed E-state index contributed by atoms with van der Waals surface area (Å²) < 4.78 is 9.66. The van der Waals surface area contributed by atoms with Crippen LogP contribution in [0.2, 0.25) is 0 Å². The molecule has 0 spiro atoms. The molecule has 0 saturated carbocycles. The highest BCUT2D eigenvalue weighted by molar-refractivity contribution is 7.98. The molecule has 30 heavy (non-hydrogen) atoms. The van der Waals surface area contributed by atoms with E-state index in [-0.39, 0.29) is 23.8 Å². The van der Waals surface area contributed by atoms with Crippen LogP contribution in [-0.4, -0.2) is 27.1 Å². The summed E-state index contributed by atoms with van der Waals surface area (Å²) >= 11 is 1.61. The van der Waals surface area contributed by atoms with Gasteiger partial charge in [-0.25, -0.2) is 0 Å². The third-order valence-corrected chi connectivity index (χ3v) is 6.69. The molecule has 1 aliphatic rings. The Morgan fingerprint density at radius 3 is 2.57 bits per heavy atom. The number of ketones is 1. The minimum atomic E-state index is -0.296. The van der Waals surface area contributed by atoms with Gasteiger partial charge in [0.1, 0.15) is 6.10 Å². The van der Waals surface area contributed by atoms with Gasteiger partial charge in [0.05, 0.1) is 22.3 Å². The van der Waals surface area contributed by atoms with Crippen LogP contribution >= 0.6 is 11.8 Å². The molecule has 2 unspecified atom stereocenters. The van der Waals surface area contributed by atoms with E-state index in [4.69, 9.17) is 4.74 Å². The number of thioether (sulfide) groups is 1. The van der Waals surface area contributed by atoms with Gasteiger partial charge in [0.25, 0.3) is 0 Å². The van der Waals surface area contributed by atoms with Crippen molar-refractivity contribution < 1.29 is 14.3 Å². The first-order valence-corrected chi connectivity index (χ1v) is 11.3. The first kappa shape index (κ1) is 20.5. The molecule has 156 valence electrons. The first-order valence-electron chi connectivity index (χ1n) is 10.1. The number of esters is 1. The molecule has 1 aromatic carbocycles. The van der Waals surface area contributed by atoms with Crippen molar-refractivity contribution in [1.82, 2.24) is 9.13 Å². The molecule has 0 fully saturated rings. The van der Waals surface area contributed by atoms with Crippen LogP contribution in [0.5, 0.6) is 0 Å². The number of fused-ring (bicyclic) bond motifs is 1. The quantitative estimate of drug-likeness (QED) is 0.332. The predicted octanol–water partition coefficient (Wildman–Crippen LogP) is 4.56. The monoisotopic (exact) mass is 422 g/mol. The van der Waals surface area contributed by atoms with Gasteiger partial charge in [0, 0.05) is 25.7 Å². The average Bonchev–Trinajstić information content (AvgIpc) is 3.39. The van der Waals surface area contributed by atoms with E-state index in [9.17, 15) is 9.59 Å². The molecule has 3 heterocycles.